The Bertz CT molecular complexity index is 592. The van der Waals surface area contributed by atoms with Gasteiger partial charge in [-0.05, 0) is 22.3 Å². The molecule has 17 heavy (non-hydrogen) atoms. The summed E-state index contributed by atoms with van der Waals surface area (Å²) in [6.07, 6.45) is 2.21. The Morgan fingerprint density at radius 3 is 1.71 bits per heavy atom. The summed E-state index contributed by atoms with van der Waals surface area (Å²) in [5.74, 6) is 0.606. The quantitative estimate of drug-likeness (QED) is 0.638. The summed E-state index contributed by atoms with van der Waals surface area (Å²) in [7, 11) is 0. The first-order valence-corrected chi connectivity index (χ1v) is 6.29. The van der Waals surface area contributed by atoms with E-state index < -0.39 is 0 Å². The molecule has 0 heterocycles. The molecule has 82 valence electrons. The third-order valence-corrected chi connectivity index (χ3v) is 4.23. The summed E-state index contributed by atoms with van der Waals surface area (Å²) in [5.41, 5.74) is 5.59. The Morgan fingerprint density at radius 1 is 0.706 bits per heavy atom. The fourth-order valence-electron chi connectivity index (χ4n) is 3.18. The van der Waals surface area contributed by atoms with Crippen LogP contribution in [0.2, 0.25) is 0 Å². The van der Waals surface area contributed by atoms with Crippen molar-refractivity contribution in [2.24, 2.45) is 0 Å². The van der Waals surface area contributed by atoms with Crippen LogP contribution in [0, 0.1) is 0 Å². The van der Waals surface area contributed by atoms with Gasteiger partial charge in [-0.25, -0.2) is 0 Å². The summed E-state index contributed by atoms with van der Waals surface area (Å²) in [6, 6.07) is 17.3. The van der Waals surface area contributed by atoms with Gasteiger partial charge in [0.15, 0.2) is 0 Å². The van der Waals surface area contributed by atoms with Crippen LogP contribution in [-0.2, 0) is 0 Å². The molecular weight excluding hydrogens is 228 g/mol. The second-order valence-electron chi connectivity index (χ2n) is 4.72. The van der Waals surface area contributed by atoms with E-state index in [0.717, 1.165) is 5.03 Å². The van der Waals surface area contributed by atoms with Crippen LogP contribution in [0.5, 0.6) is 0 Å². The van der Waals surface area contributed by atoms with Crippen molar-refractivity contribution in [3.05, 3.63) is 81.9 Å². The molecule has 2 bridgehead atoms. The lowest BCUT2D eigenvalue weighted by molar-refractivity contribution is 0.799. The third kappa shape index (κ3) is 1.14. The lowest BCUT2D eigenvalue weighted by Gasteiger charge is -2.37. The van der Waals surface area contributed by atoms with Gasteiger partial charge in [-0.2, -0.15) is 0 Å². The second kappa shape index (κ2) is 3.24. The van der Waals surface area contributed by atoms with E-state index in [0.29, 0.717) is 5.92 Å². The van der Waals surface area contributed by atoms with Crippen LogP contribution in [0.25, 0.3) is 0 Å². The van der Waals surface area contributed by atoms with Crippen molar-refractivity contribution in [1.82, 2.24) is 0 Å². The van der Waals surface area contributed by atoms with Crippen LogP contribution >= 0.6 is 11.6 Å². The molecule has 0 aromatic heterocycles. The molecule has 0 N–H and O–H groups in total. The number of allylic oxidation sites excluding steroid dienone is 2. The first-order valence-electron chi connectivity index (χ1n) is 5.91. The maximum Gasteiger partial charge on any atom is 0.0450 e. The molecule has 2 aromatic rings. The van der Waals surface area contributed by atoms with Gasteiger partial charge in [-0.15, -0.1) is 0 Å². The molecule has 0 unspecified atom stereocenters. The standard InChI is InChI=1S/C16H11Cl/c17-15-9-14-10-5-1-3-7-12(10)16(15)13-8-4-2-6-11(13)14/h1-9,14,16H. The van der Waals surface area contributed by atoms with Gasteiger partial charge in [0.25, 0.3) is 0 Å². The summed E-state index contributed by atoms with van der Waals surface area (Å²) in [4.78, 5) is 0. The minimum atomic E-state index is 0.258. The molecule has 0 saturated carbocycles. The smallest absolute Gasteiger partial charge is 0.0450 e. The fourth-order valence-corrected chi connectivity index (χ4v) is 3.54. The van der Waals surface area contributed by atoms with Crippen LogP contribution in [0.3, 0.4) is 0 Å². The predicted octanol–water partition coefficient (Wildman–Crippen LogP) is 4.40. The van der Waals surface area contributed by atoms with Crippen LogP contribution in [0.4, 0.5) is 0 Å². The Morgan fingerprint density at radius 2 is 1.18 bits per heavy atom. The Kier molecular flexibility index (Phi) is 1.81. The zero-order chi connectivity index (χ0) is 11.4. The van der Waals surface area contributed by atoms with Crippen LogP contribution in [0.15, 0.2) is 59.6 Å². The van der Waals surface area contributed by atoms with E-state index in [1.54, 1.807) is 0 Å². The van der Waals surface area contributed by atoms with Crippen LogP contribution in [-0.4, -0.2) is 0 Å². The molecule has 0 amide bonds. The van der Waals surface area contributed by atoms with Crippen molar-refractivity contribution in [2.75, 3.05) is 0 Å². The molecule has 3 aliphatic rings. The van der Waals surface area contributed by atoms with E-state index in [1.807, 2.05) is 0 Å². The zero-order valence-electron chi connectivity index (χ0n) is 9.23. The van der Waals surface area contributed by atoms with Crippen molar-refractivity contribution < 1.29 is 0 Å². The lowest BCUT2D eigenvalue weighted by atomic mass is 9.68. The summed E-state index contributed by atoms with van der Waals surface area (Å²) in [5, 5.41) is 0.979. The van der Waals surface area contributed by atoms with E-state index in [2.05, 4.69) is 54.6 Å². The number of rotatable bonds is 0. The highest BCUT2D eigenvalue weighted by Crippen LogP contribution is 2.52. The van der Waals surface area contributed by atoms with Gasteiger partial charge in [-0.3, -0.25) is 0 Å². The Labute approximate surface area is 106 Å². The van der Waals surface area contributed by atoms with Crippen molar-refractivity contribution >= 4 is 11.6 Å². The van der Waals surface area contributed by atoms with Crippen molar-refractivity contribution in [3.8, 4) is 0 Å². The molecule has 0 aliphatic heterocycles. The average Bonchev–Trinajstić information content (AvgIpc) is 2.39. The molecule has 0 atom stereocenters. The number of hydrogen-bond acceptors (Lipinski definition) is 0. The molecule has 5 rings (SSSR count). The highest BCUT2D eigenvalue weighted by atomic mass is 35.5. The van der Waals surface area contributed by atoms with Gasteiger partial charge in [-0.1, -0.05) is 66.2 Å². The van der Waals surface area contributed by atoms with E-state index in [1.165, 1.54) is 22.3 Å². The summed E-state index contributed by atoms with van der Waals surface area (Å²) in [6.45, 7) is 0. The van der Waals surface area contributed by atoms with E-state index in [9.17, 15) is 0 Å². The number of hydrogen-bond donors (Lipinski definition) is 0. The normalized spacial score (nSPS) is 23.9. The van der Waals surface area contributed by atoms with Crippen LogP contribution in [0.1, 0.15) is 34.1 Å². The van der Waals surface area contributed by atoms with Gasteiger partial charge >= 0.3 is 0 Å². The number of halogens is 1. The van der Waals surface area contributed by atoms with E-state index >= 15 is 0 Å². The number of benzene rings is 2. The van der Waals surface area contributed by atoms with Gasteiger partial charge in [0.1, 0.15) is 0 Å². The van der Waals surface area contributed by atoms with Gasteiger partial charge in [0.05, 0.1) is 0 Å². The average molecular weight is 239 g/mol. The maximum atomic E-state index is 6.43. The lowest BCUT2D eigenvalue weighted by Crippen LogP contribution is -2.22. The predicted molar refractivity (Wildman–Crippen MR) is 70.5 cm³/mol. The van der Waals surface area contributed by atoms with E-state index in [-0.39, 0.29) is 5.92 Å². The Balaban J connectivity index is 2.08. The largest absolute Gasteiger partial charge is 0.0884 e. The van der Waals surface area contributed by atoms with E-state index in [4.69, 9.17) is 11.6 Å². The third-order valence-electron chi connectivity index (χ3n) is 3.89. The molecule has 0 nitrogen and oxygen atoms in total. The monoisotopic (exact) mass is 238 g/mol. The molecule has 1 heteroatoms. The molecule has 2 aromatic carbocycles. The fraction of sp³-hybridized carbons (Fsp3) is 0.125. The summed E-state index contributed by atoms with van der Waals surface area (Å²) < 4.78 is 0. The molecule has 0 radical (unpaired) electrons. The maximum absolute atomic E-state index is 6.43. The first-order chi connectivity index (χ1) is 8.36. The SMILES string of the molecule is ClC1=CC2c3ccccc3C1c1ccccc12. The molecular formula is C16H11Cl. The highest BCUT2D eigenvalue weighted by molar-refractivity contribution is 6.31. The van der Waals surface area contributed by atoms with Gasteiger partial charge in [0, 0.05) is 16.9 Å². The topological polar surface area (TPSA) is 0 Å². The molecule has 0 saturated heterocycles. The Hall–Kier alpha value is -1.53. The second-order valence-corrected chi connectivity index (χ2v) is 5.16. The minimum absolute atomic E-state index is 0.258. The molecule has 0 fully saturated rings. The van der Waals surface area contributed by atoms with Crippen molar-refractivity contribution in [3.63, 3.8) is 0 Å². The zero-order valence-corrected chi connectivity index (χ0v) is 9.98. The highest BCUT2D eigenvalue weighted by Gasteiger charge is 2.36. The molecule has 0 spiro atoms. The van der Waals surface area contributed by atoms with Gasteiger partial charge < -0.3 is 0 Å². The molecule has 3 aliphatic carbocycles. The van der Waals surface area contributed by atoms with Crippen molar-refractivity contribution in [1.29, 1.82) is 0 Å². The van der Waals surface area contributed by atoms with Crippen molar-refractivity contribution in [2.45, 2.75) is 11.8 Å². The summed E-state index contributed by atoms with van der Waals surface area (Å²) >= 11 is 6.43. The first kappa shape index (κ1) is 9.49. The minimum Gasteiger partial charge on any atom is -0.0884 e. The van der Waals surface area contributed by atoms with Gasteiger partial charge in [0.2, 0.25) is 0 Å². The van der Waals surface area contributed by atoms with Crippen LogP contribution < -0.4 is 0 Å².